The molecule has 1 aromatic carbocycles. The molecule has 0 fully saturated rings. The van der Waals surface area contributed by atoms with Crippen LogP contribution in [0.2, 0.25) is 0 Å². The van der Waals surface area contributed by atoms with E-state index in [1.54, 1.807) is 26.1 Å². The second-order valence-electron chi connectivity index (χ2n) is 4.13. The molecule has 0 aliphatic carbocycles. The number of nitrogens with two attached hydrogens (primary N) is 1. The standard InChI is InChI=1S/C13H14F2N4/c1-3-9-4-5-10(12(15)11(9)14)6-17-19-7-8(2)18-13(19)16/h4-7H,3H2,1-2H3,(H2,16,18). The lowest BCUT2D eigenvalue weighted by Gasteiger charge is -2.03. The van der Waals surface area contributed by atoms with Gasteiger partial charge >= 0.3 is 0 Å². The predicted octanol–water partition coefficient (Wildman–Crippen LogP) is 2.50. The zero-order valence-electron chi connectivity index (χ0n) is 10.7. The maximum absolute atomic E-state index is 13.7. The molecule has 2 N–H and O–H groups in total. The second kappa shape index (κ2) is 5.17. The van der Waals surface area contributed by atoms with Crippen LogP contribution >= 0.6 is 0 Å². The van der Waals surface area contributed by atoms with Crippen LogP contribution in [0.5, 0.6) is 0 Å². The molecule has 0 amide bonds. The van der Waals surface area contributed by atoms with Gasteiger partial charge in [0.15, 0.2) is 11.6 Å². The number of rotatable bonds is 3. The monoisotopic (exact) mass is 264 g/mol. The molecule has 0 saturated heterocycles. The number of benzene rings is 1. The summed E-state index contributed by atoms with van der Waals surface area (Å²) >= 11 is 0. The fourth-order valence-electron chi connectivity index (χ4n) is 1.70. The Hall–Kier alpha value is -2.24. The Morgan fingerprint density at radius 2 is 2.11 bits per heavy atom. The molecule has 0 saturated carbocycles. The summed E-state index contributed by atoms with van der Waals surface area (Å²) in [5.41, 5.74) is 6.70. The highest BCUT2D eigenvalue weighted by molar-refractivity contribution is 5.80. The Bertz CT molecular complexity index is 632. The zero-order valence-corrected chi connectivity index (χ0v) is 10.7. The van der Waals surface area contributed by atoms with Crippen LogP contribution in [-0.2, 0) is 6.42 Å². The molecule has 1 aromatic heterocycles. The number of nitrogen functional groups attached to an aromatic ring is 1. The lowest BCUT2D eigenvalue weighted by atomic mass is 10.1. The molecule has 2 aromatic rings. The van der Waals surface area contributed by atoms with Crippen molar-refractivity contribution in [3.05, 3.63) is 46.8 Å². The molecule has 6 heteroatoms. The van der Waals surface area contributed by atoms with Crippen LogP contribution in [0.15, 0.2) is 23.4 Å². The third-order valence-corrected chi connectivity index (χ3v) is 2.73. The van der Waals surface area contributed by atoms with Crippen LogP contribution in [0.4, 0.5) is 14.7 Å². The number of nitrogens with zero attached hydrogens (tertiary/aromatic N) is 3. The van der Waals surface area contributed by atoms with Gasteiger partial charge in [0.2, 0.25) is 5.95 Å². The highest BCUT2D eigenvalue weighted by Gasteiger charge is 2.11. The first-order valence-corrected chi connectivity index (χ1v) is 5.85. The lowest BCUT2D eigenvalue weighted by Crippen LogP contribution is -2.01. The summed E-state index contributed by atoms with van der Waals surface area (Å²) in [6.45, 7) is 3.53. The van der Waals surface area contributed by atoms with E-state index in [1.807, 2.05) is 0 Å². The van der Waals surface area contributed by atoms with E-state index < -0.39 is 11.6 Å². The van der Waals surface area contributed by atoms with Crippen molar-refractivity contribution in [2.24, 2.45) is 5.10 Å². The molecular formula is C13H14F2N4. The second-order valence-corrected chi connectivity index (χ2v) is 4.13. The molecule has 0 spiro atoms. The number of aromatic nitrogens is 2. The number of anilines is 1. The minimum atomic E-state index is -0.904. The first-order chi connectivity index (χ1) is 9.02. The van der Waals surface area contributed by atoms with Gasteiger partial charge in [0, 0.05) is 5.56 Å². The molecule has 19 heavy (non-hydrogen) atoms. The molecule has 2 rings (SSSR count). The smallest absolute Gasteiger partial charge is 0.221 e. The fourth-order valence-corrected chi connectivity index (χ4v) is 1.70. The summed E-state index contributed by atoms with van der Waals surface area (Å²) in [6, 6.07) is 3.03. The van der Waals surface area contributed by atoms with Gasteiger partial charge in [-0.1, -0.05) is 13.0 Å². The third kappa shape index (κ3) is 2.62. The Kier molecular flexibility index (Phi) is 3.59. The van der Waals surface area contributed by atoms with Crippen molar-refractivity contribution < 1.29 is 8.78 Å². The first kappa shape index (κ1) is 13.2. The lowest BCUT2D eigenvalue weighted by molar-refractivity contribution is 0.498. The number of aryl methyl sites for hydroxylation is 2. The summed E-state index contributed by atoms with van der Waals surface area (Å²) in [4.78, 5) is 3.95. The predicted molar refractivity (Wildman–Crippen MR) is 70.1 cm³/mol. The molecule has 0 atom stereocenters. The minimum Gasteiger partial charge on any atom is -0.368 e. The fraction of sp³-hybridized carbons (Fsp3) is 0.231. The molecule has 4 nitrogen and oxygen atoms in total. The van der Waals surface area contributed by atoms with Gasteiger partial charge in [0.1, 0.15) is 0 Å². The van der Waals surface area contributed by atoms with Crippen molar-refractivity contribution in [2.45, 2.75) is 20.3 Å². The van der Waals surface area contributed by atoms with Crippen molar-refractivity contribution in [1.82, 2.24) is 9.66 Å². The van der Waals surface area contributed by atoms with Crippen molar-refractivity contribution in [1.29, 1.82) is 0 Å². The first-order valence-electron chi connectivity index (χ1n) is 5.85. The van der Waals surface area contributed by atoms with Gasteiger partial charge in [0.25, 0.3) is 0 Å². The molecule has 100 valence electrons. The Morgan fingerprint density at radius 3 is 2.68 bits per heavy atom. The molecule has 1 heterocycles. The number of halogens is 2. The Balaban J connectivity index is 2.34. The Morgan fingerprint density at radius 1 is 1.37 bits per heavy atom. The maximum atomic E-state index is 13.7. The van der Waals surface area contributed by atoms with E-state index in [2.05, 4.69) is 10.1 Å². The van der Waals surface area contributed by atoms with Gasteiger partial charge in [-0.3, -0.25) is 0 Å². The van der Waals surface area contributed by atoms with E-state index in [4.69, 9.17) is 5.73 Å². The average molecular weight is 264 g/mol. The van der Waals surface area contributed by atoms with Crippen LogP contribution in [0.25, 0.3) is 0 Å². The average Bonchev–Trinajstić information content (AvgIpc) is 2.70. The van der Waals surface area contributed by atoms with E-state index in [0.29, 0.717) is 17.7 Å². The van der Waals surface area contributed by atoms with Gasteiger partial charge in [-0.25, -0.2) is 18.4 Å². The SMILES string of the molecule is CCc1ccc(C=Nn2cc(C)nc2N)c(F)c1F. The van der Waals surface area contributed by atoms with Gasteiger partial charge < -0.3 is 5.73 Å². The number of hydrogen-bond donors (Lipinski definition) is 1. The van der Waals surface area contributed by atoms with Gasteiger partial charge in [-0.05, 0) is 25.0 Å². The van der Waals surface area contributed by atoms with Gasteiger partial charge in [-0.15, -0.1) is 0 Å². The summed E-state index contributed by atoms with van der Waals surface area (Å²) in [7, 11) is 0. The summed E-state index contributed by atoms with van der Waals surface area (Å²) < 4.78 is 28.6. The maximum Gasteiger partial charge on any atom is 0.221 e. The van der Waals surface area contributed by atoms with Crippen LogP contribution in [0, 0.1) is 18.6 Å². The molecule has 0 aliphatic heterocycles. The topological polar surface area (TPSA) is 56.2 Å². The van der Waals surface area contributed by atoms with Gasteiger partial charge in [-0.2, -0.15) is 5.10 Å². The van der Waals surface area contributed by atoms with E-state index in [1.165, 1.54) is 17.0 Å². The van der Waals surface area contributed by atoms with Gasteiger partial charge in [0.05, 0.1) is 18.1 Å². The molecular weight excluding hydrogens is 250 g/mol. The van der Waals surface area contributed by atoms with Crippen molar-refractivity contribution in [3.8, 4) is 0 Å². The van der Waals surface area contributed by atoms with E-state index >= 15 is 0 Å². The highest BCUT2D eigenvalue weighted by atomic mass is 19.2. The summed E-state index contributed by atoms with van der Waals surface area (Å²) in [5.74, 6) is -1.54. The number of hydrogen-bond acceptors (Lipinski definition) is 3. The molecule has 0 aliphatic rings. The minimum absolute atomic E-state index is 0.0699. The normalized spacial score (nSPS) is 11.4. The van der Waals surface area contributed by atoms with Crippen LogP contribution < -0.4 is 5.73 Å². The summed E-state index contributed by atoms with van der Waals surface area (Å²) in [5, 5.41) is 3.95. The van der Waals surface area contributed by atoms with Crippen molar-refractivity contribution in [3.63, 3.8) is 0 Å². The van der Waals surface area contributed by atoms with E-state index in [0.717, 1.165) is 0 Å². The van der Waals surface area contributed by atoms with Crippen molar-refractivity contribution >= 4 is 12.2 Å². The van der Waals surface area contributed by atoms with E-state index in [-0.39, 0.29) is 11.5 Å². The van der Waals surface area contributed by atoms with Crippen molar-refractivity contribution in [2.75, 3.05) is 5.73 Å². The zero-order chi connectivity index (χ0) is 14.0. The van der Waals surface area contributed by atoms with Crippen LogP contribution in [-0.4, -0.2) is 15.9 Å². The molecule has 0 unspecified atom stereocenters. The molecule has 0 radical (unpaired) electrons. The molecule has 0 bridgehead atoms. The quantitative estimate of drug-likeness (QED) is 0.866. The van der Waals surface area contributed by atoms with Crippen LogP contribution in [0.1, 0.15) is 23.7 Å². The number of imidazole rings is 1. The highest BCUT2D eigenvalue weighted by Crippen LogP contribution is 2.16. The largest absolute Gasteiger partial charge is 0.368 e. The Labute approximate surface area is 109 Å². The van der Waals surface area contributed by atoms with Crippen LogP contribution in [0.3, 0.4) is 0 Å². The summed E-state index contributed by atoms with van der Waals surface area (Å²) in [6.07, 6.45) is 3.25. The van der Waals surface area contributed by atoms with E-state index in [9.17, 15) is 8.78 Å². The third-order valence-electron chi connectivity index (χ3n) is 2.73.